The van der Waals surface area contributed by atoms with Crippen LogP contribution in [0.5, 0.6) is 11.5 Å². The molecule has 13 heavy (non-hydrogen) atoms. The Balaban J connectivity index is 3.20. The van der Waals surface area contributed by atoms with Crippen LogP contribution in [0.3, 0.4) is 0 Å². The van der Waals surface area contributed by atoms with E-state index < -0.39 is 5.82 Å². The third kappa shape index (κ3) is 1.88. The first kappa shape index (κ1) is 9.33. The van der Waals surface area contributed by atoms with Gasteiger partial charge in [0.2, 0.25) is 0 Å². The van der Waals surface area contributed by atoms with Gasteiger partial charge in [0.05, 0.1) is 19.6 Å². The molecular formula is C9H8FNO2. The summed E-state index contributed by atoms with van der Waals surface area (Å²) in [5, 5.41) is 17.8. The number of halogens is 1. The molecule has 0 heterocycles. The van der Waals surface area contributed by atoms with Crippen LogP contribution >= 0.6 is 0 Å². The molecule has 0 amide bonds. The van der Waals surface area contributed by atoms with E-state index in [9.17, 15) is 9.50 Å². The highest BCUT2D eigenvalue weighted by atomic mass is 19.1. The zero-order valence-electron chi connectivity index (χ0n) is 7.04. The number of phenols is 1. The fourth-order valence-corrected chi connectivity index (χ4v) is 1.00. The highest BCUT2D eigenvalue weighted by Gasteiger charge is 2.09. The molecule has 0 aliphatic heterocycles. The topological polar surface area (TPSA) is 53.2 Å². The molecule has 1 rings (SSSR count). The highest BCUT2D eigenvalue weighted by molar-refractivity contribution is 5.46. The molecule has 0 atom stereocenters. The summed E-state index contributed by atoms with van der Waals surface area (Å²) in [6.07, 6.45) is -0.0417. The number of phenolic OH excluding ortho intramolecular Hbond substituents is 1. The smallest absolute Gasteiger partial charge is 0.163 e. The van der Waals surface area contributed by atoms with Crippen LogP contribution in [0.25, 0.3) is 0 Å². The molecule has 68 valence electrons. The summed E-state index contributed by atoms with van der Waals surface area (Å²) < 4.78 is 17.5. The Labute approximate surface area is 75.0 Å². The monoisotopic (exact) mass is 181 g/mol. The first-order valence-corrected chi connectivity index (χ1v) is 3.61. The summed E-state index contributed by atoms with van der Waals surface area (Å²) in [6.45, 7) is 0. The van der Waals surface area contributed by atoms with Crippen LogP contribution in [0.1, 0.15) is 5.56 Å². The second-order valence-corrected chi connectivity index (χ2v) is 2.45. The van der Waals surface area contributed by atoms with Gasteiger partial charge in [-0.3, -0.25) is 0 Å². The molecule has 0 unspecified atom stereocenters. The van der Waals surface area contributed by atoms with E-state index in [4.69, 9.17) is 10.00 Å². The van der Waals surface area contributed by atoms with Gasteiger partial charge < -0.3 is 9.84 Å². The number of benzene rings is 1. The van der Waals surface area contributed by atoms with Gasteiger partial charge in [0.15, 0.2) is 11.5 Å². The van der Waals surface area contributed by atoms with Crippen molar-refractivity contribution in [1.29, 1.82) is 5.26 Å². The Bertz CT molecular complexity index is 357. The van der Waals surface area contributed by atoms with Crippen LogP contribution in [-0.4, -0.2) is 12.2 Å². The molecule has 0 aromatic heterocycles. The van der Waals surface area contributed by atoms with Crippen molar-refractivity contribution in [2.75, 3.05) is 7.11 Å². The van der Waals surface area contributed by atoms with E-state index in [1.165, 1.54) is 7.11 Å². The lowest BCUT2D eigenvalue weighted by Crippen LogP contribution is -1.91. The van der Waals surface area contributed by atoms with Gasteiger partial charge in [-0.15, -0.1) is 0 Å². The molecule has 0 bridgehead atoms. The summed E-state index contributed by atoms with van der Waals surface area (Å²) in [7, 11) is 1.32. The second kappa shape index (κ2) is 3.76. The number of rotatable bonds is 2. The first-order chi connectivity index (χ1) is 6.19. The van der Waals surface area contributed by atoms with Gasteiger partial charge in [0.25, 0.3) is 0 Å². The molecule has 1 aromatic rings. The number of hydrogen-bond donors (Lipinski definition) is 1. The van der Waals surface area contributed by atoms with Gasteiger partial charge in [-0.2, -0.15) is 5.26 Å². The van der Waals surface area contributed by atoms with Gasteiger partial charge in [-0.25, -0.2) is 4.39 Å². The predicted molar refractivity (Wildman–Crippen MR) is 43.9 cm³/mol. The number of nitriles is 1. The van der Waals surface area contributed by atoms with Gasteiger partial charge >= 0.3 is 0 Å². The van der Waals surface area contributed by atoms with E-state index in [2.05, 4.69) is 0 Å². The summed E-state index contributed by atoms with van der Waals surface area (Å²) in [5.74, 6) is -0.657. The van der Waals surface area contributed by atoms with Gasteiger partial charge in [0.1, 0.15) is 5.82 Å². The lowest BCUT2D eigenvalue weighted by atomic mass is 10.1. The van der Waals surface area contributed by atoms with E-state index in [0.29, 0.717) is 0 Å². The average Bonchev–Trinajstić information content (AvgIpc) is 2.11. The van der Waals surface area contributed by atoms with Crippen LogP contribution < -0.4 is 4.74 Å². The van der Waals surface area contributed by atoms with Crippen LogP contribution in [0.15, 0.2) is 12.1 Å². The van der Waals surface area contributed by atoms with Crippen molar-refractivity contribution >= 4 is 0 Å². The Morgan fingerprint density at radius 1 is 1.62 bits per heavy atom. The van der Waals surface area contributed by atoms with Crippen LogP contribution in [0, 0.1) is 17.1 Å². The number of methoxy groups -OCH3 is 1. The fourth-order valence-electron chi connectivity index (χ4n) is 1.00. The maximum absolute atomic E-state index is 12.8. The van der Waals surface area contributed by atoms with E-state index in [1.807, 2.05) is 6.07 Å². The standard InChI is InChI=1S/C9H8FNO2/c1-13-8-5-7(10)4-6(2-3-11)9(8)12/h4-5,12H,2H2,1H3. The molecule has 1 aromatic carbocycles. The van der Waals surface area contributed by atoms with E-state index >= 15 is 0 Å². The normalized spacial score (nSPS) is 9.31. The highest BCUT2D eigenvalue weighted by Crippen LogP contribution is 2.30. The van der Waals surface area contributed by atoms with Crippen molar-refractivity contribution in [3.8, 4) is 17.6 Å². The Kier molecular flexibility index (Phi) is 2.70. The third-order valence-corrected chi connectivity index (χ3v) is 1.61. The zero-order valence-corrected chi connectivity index (χ0v) is 7.04. The molecule has 3 nitrogen and oxygen atoms in total. The molecule has 0 spiro atoms. The minimum absolute atomic E-state index is 0.0417. The Hall–Kier alpha value is -1.76. The predicted octanol–water partition coefficient (Wildman–Crippen LogP) is 1.61. The fraction of sp³-hybridized carbons (Fsp3) is 0.222. The van der Waals surface area contributed by atoms with Gasteiger partial charge in [-0.05, 0) is 6.07 Å². The summed E-state index contributed by atoms with van der Waals surface area (Å²) in [4.78, 5) is 0. The number of nitrogens with zero attached hydrogens (tertiary/aromatic N) is 1. The van der Waals surface area contributed by atoms with Crippen molar-refractivity contribution in [1.82, 2.24) is 0 Å². The minimum atomic E-state index is -0.528. The maximum atomic E-state index is 12.8. The van der Waals surface area contributed by atoms with Gasteiger partial charge in [0, 0.05) is 11.6 Å². The summed E-state index contributed by atoms with van der Waals surface area (Å²) in [5.41, 5.74) is 0.236. The molecule has 1 N–H and O–H groups in total. The molecule has 0 fully saturated rings. The molecule has 0 aliphatic carbocycles. The van der Waals surface area contributed by atoms with Crippen molar-refractivity contribution in [3.63, 3.8) is 0 Å². The van der Waals surface area contributed by atoms with Crippen molar-refractivity contribution < 1.29 is 14.2 Å². The van der Waals surface area contributed by atoms with E-state index in [0.717, 1.165) is 12.1 Å². The number of ether oxygens (including phenoxy) is 1. The lowest BCUT2D eigenvalue weighted by Gasteiger charge is -2.06. The average molecular weight is 181 g/mol. The zero-order chi connectivity index (χ0) is 9.84. The largest absolute Gasteiger partial charge is 0.504 e. The molecule has 4 heteroatoms. The molecule has 0 saturated heterocycles. The van der Waals surface area contributed by atoms with E-state index in [-0.39, 0.29) is 23.5 Å². The number of aromatic hydroxyl groups is 1. The van der Waals surface area contributed by atoms with Gasteiger partial charge in [-0.1, -0.05) is 0 Å². The second-order valence-electron chi connectivity index (χ2n) is 2.45. The molecule has 0 radical (unpaired) electrons. The first-order valence-electron chi connectivity index (χ1n) is 3.61. The van der Waals surface area contributed by atoms with Crippen LogP contribution in [0.2, 0.25) is 0 Å². The number of hydrogen-bond acceptors (Lipinski definition) is 3. The maximum Gasteiger partial charge on any atom is 0.163 e. The van der Waals surface area contributed by atoms with Crippen LogP contribution in [0.4, 0.5) is 4.39 Å². The molecular weight excluding hydrogens is 173 g/mol. The van der Waals surface area contributed by atoms with Crippen LogP contribution in [-0.2, 0) is 6.42 Å². The van der Waals surface area contributed by atoms with Crippen molar-refractivity contribution in [2.24, 2.45) is 0 Å². The summed E-state index contributed by atoms with van der Waals surface area (Å²) in [6, 6.07) is 4.00. The SMILES string of the molecule is COc1cc(F)cc(CC#N)c1O. The molecule has 0 aliphatic rings. The summed E-state index contributed by atoms with van der Waals surface area (Å²) >= 11 is 0. The Morgan fingerprint density at radius 2 is 2.31 bits per heavy atom. The Morgan fingerprint density at radius 3 is 2.85 bits per heavy atom. The lowest BCUT2D eigenvalue weighted by molar-refractivity contribution is 0.368. The minimum Gasteiger partial charge on any atom is -0.504 e. The van der Waals surface area contributed by atoms with Crippen molar-refractivity contribution in [2.45, 2.75) is 6.42 Å². The quantitative estimate of drug-likeness (QED) is 0.754. The third-order valence-electron chi connectivity index (χ3n) is 1.61. The van der Waals surface area contributed by atoms with E-state index in [1.54, 1.807) is 0 Å². The molecule has 0 saturated carbocycles. The van der Waals surface area contributed by atoms with Crippen molar-refractivity contribution in [3.05, 3.63) is 23.5 Å².